The molecule has 0 saturated heterocycles. The zero-order valence-electron chi connectivity index (χ0n) is 10.9. The fourth-order valence-electron chi connectivity index (χ4n) is 1.67. The number of amides is 1. The predicted octanol–water partition coefficient (Wildman–Crippen LogP) is 3.01. The van der Waals surface area contributed by atoms with Gasteiger partial charge in [-0.3, -0.25) is 4.79 Å². The first-order chi connectivity index (χ1) is 10.1. The fourth-order valence-corrected chi connectivity index (χ4v) is 2.30. The maximum atomic E-state index is 12.2. The average Bonchev–Trinajstić information content (AvgIpc) is 2.46. The van der Waals surface area contributed by atoms with Gasteiger partial charge in [0.25, 0.3) is 5.91 Å². The van der Waals surface area contributed by atoms with Gasteiger partial charge in [0.1, 0.15) is 5.75 Å². The topological polar surface area (TPSA) is 75.6 Å². The van der Waals surface area contributed by atoms with Gasteiger partial charge in [-0.05, 0) is 46.9 Å². The van der Waals surface area contributed by atoms with Gasteiger partial charge in [0.2, 0.25) is 0 Å². The molecule has 5 nitrogen and oxygen atoms in total. The number of rotatable bonds is 5. The third-order valence-electron chi connectivity index (χ3n) is 2.60. The maximum absolute atomic E-state index is 12.2. The van der Waals surface area contributed by atoms with E-state index in [2.05, 4.69) is 27.9 Å². The standard InChI is InChI=1S/C15H12INO4/c16-11-6-2-1-5-10(11)15(20)17-12-7-3-4-8-13(12)21-9-14(18)19/h1-8H,9H2,(H,17,20)(H,18,19). The van der Waals surface area contributed by atoms with E-state index in [0.717, 1.165) is 3.57 Å². The van der Waals surface area contributed by atoms with Gasteiger partial charge in [-0.2, -0.15) is 0 Å². The lowest BCUT2D eigenvalue weighted by molar-refractivity contribution is -0.139. The molecule has 6 heteroatoms. The van der Waals surface area contributed by atoms with Crippen molar-refractivity contribution in [3.8, 4) is 5.75 Å². The van der Waals surface area contributed by atoms with E-state index >= 15 is 0 Å². The minimum atomic E-state index is -1.08. The largest absolute Gasteiger partial charge is 0.480 e. The van der Waals surface area contributed by atoms with E-state index in [4.69, 9.17) is 9.84 Å². The third kappa shape index (κ3) is 4.19. The lowest BCUT2D eigenvalue weighted by atomic mass is 10.2. The number of hydrogen-bond donors (Lipinski definition) is 2. The lowest BCUT2D eigenvalue weighted by Crippen LogP contribution is -2.15. The molecule has 2 rings (SSSR count). The summed E-state index contributed by atoms with van der Waals surface area (Å²) in [4.78, 5) is 22.8. The van der Waals surface area contributed by atoms with Crippen LogP contribution in [0.1, 0.15) is 10.4 Å². The fraction of sp³-hybridized carbons (Fsp3) is 0.0667. The number of carboxylic acids is 1. The van der Waals surface area contributed by atoms with Crippen molar-refractivity contribution < 1.29 is 19.4 Å². The van der Waals surface area contributed by atoms with Crippen molar-refractivity contribution in [2.45, 2.75) is 0 Å². The number of anilines is 1. The molecule has 0 aliphatic rings. The van der Waals surface area contributed by atoms with Crippen LogP contribution in [0.3, 0.4) is 0 Å². The molecule has 0 atom stereocenters. The molecule has 0 bridgehead atoms. The van der Waals surface area contributed by atoms with Crippen LogP contribution in [0.5, 0.6) is 5.75 Å². The summed E-state index contributed by atoms with van der Waals surface area (Å²) in [6, 6.07) is 13.9. The van der Waals surface area contributed by atoms with E-state index in [1.165, 1.54) is 0 Å². The molecule has 1 amide bonds. The van der Waals surface area contributed by atoms with E-state index in [9.17, 15) is 9.59 Å². The summed E-state index contributed by atoms with van der Waals surface area (Å²) in [5, 5.41) is 11.4. The molecule has 0 radical (unpaired) electrons. The normalized spacial score (nSPS) is 9.95. The highest BCUT2D eigenvalue weighted by atomic mass is 127. The SMILES string of the molecule is O=C(O)COc1ccccc1NC(=O)c1ccccc1I. The molecule has 0 fully saturated rings. The van der Waals surface area contributed by atoms with Crippen molar-refractivity contribution >= 4 is 40.2 Å². The Bertz CT molecular complexity index is 672. The monoisotopic (exact) mass is 397 g/mol. The minimum absolute atomic E-state index is 0.272. The van der Waals surface area contributed by atoms with Crippen molar-refractivity contribution in [2.24, 2.45) is 0 Å². The molecule has 108 valence electrons. The second kappa shape index (κ2) is 7.07. The second-order valence-corrected chi connectivity index (χ2v) is 5.27. The molecule has 0 aliphatic carbocycles. The molecule has 0 aromatic heterocycles. The van der Waals surface area contributed by atoms with Gasteiger partial charge in [-0.25, -0.2) is 4.79 Å². The zero-order valence-corrected chi connectivity index (χ0v) is 13.0. The van der Waals surface area contributed by atoms with Crippen molar-refractivity contribution in [1.29, 1.82) is 0 Å². The first kappa shape index (κ1) is 15.3. The van der Waals surface area contributed by atoms with Crippen LogP contribution in [-0.4, -0.2) is 23.6 Å². The number of halogens is 1. The number of hydrogen-bond acceptors (Lipinski definition) is 3. The van der Waals surface area contributed by atoms with E-state index in [-0.39, 0.29) is 5.91 Å². The quantitative estimate of drug-likeness (QED) is 0.761. The molecule has 0 aliphatic heterocycles. The van der Waals surface area contributed by atoms with Gasteiger partial charge in [0.15, 0.2) is 6.61 Å². The first-order valence-electron chi connectivity index (χ1n) is 6.07. The number of para-hydroxylation sites is 2. The summed E-state index contributed by atoms with van der Waals surface area (Å²) < 4.78 is 5.98. The van der Waals surface area contributed by atoms with E-state index < -0.39 is 12.6 Å². The van der Waals surface area contributed by atoms with Gasteiger partial charge >= 0.3 is 5.97 Å². The van der Waals surface area contributed by atoms with E-state index in [0.29, 0.717) is 17.0 Å². The van der Waals surface area contributed by atoms with Crippen molar-refractivity contribution in [3.63, 3.8) is 0 Å². The number of carbonyl (C=O) groups is 2. The van der Waals surface area contributed by atoms with Gasteiger partial charge in [0, 0.05) is 3.57 Å². The van der Waals surface area contributed by atoms with Crippen LogP contribution in [0.15, 0.2) is 48.5 Å². The second-order valence-electron chi connectivity index (χ2n) is 4.11. The van der Waals surface area contributed by atoms with Crippen LogP contribution in [0.25, 0.3) is 0 Å². The summed E-state index contributed by atoms with van der Waals surface area (Å²) in [6.45, 7) is -0.463. The number of ether oxygens (including phenoxy) is 1. The van der Waals surface area contributed by atoms with Crippen LogP contribution in [0.2, 0.25) is 0 Å². The van der Waals surface area contributed by atoms with Crippen LogP contribution in [-0.2, 0) is 4.79 Å². The summed E-state index contributed by atoms with van der Waals surface area (Å²) in [7, 11) is 0. The Morgan fingerprint density at radius 1 is 1.10 bits per heavy atom. The molecular formula is C15H12INO4. The van der Waals surface area contributed by atoms with Crippen molar-refractivity contribution in [3.05, 3.63) is 57.7 Å². The third-order valence-corrected chi connectivity index (χ3v) is 3.55. The van der Waals surface area contributed by atoms with Gasteiger partial charge < -0.3 is 15.2 Å². The number of carboxylic acid groups (broad SMARTS) is 1. The molecule has 0 spiro atoms. The molecule has 0 saturated carbocycles. The Morgan fingerprint density at radius 3 is 2.48 bits per heavy atom. The Hall–Kier alpha value is -2.09. The van der Waals surface area contributed by atoms with Gasteiger partial charge in [0.05, 0.1) is 11.3 Å². The Balaban J connectivity index is 2.18. The Kier molecular flexibility index (Phi) is 5.15. The van der Waals surface area contributed by atoms with Crippen molar-refractivity contribution in [1.82, 2.24) is 0 Å². The summed E-state index contributed by atoms with van der Waals surface area (Å²) >= 11 is 2.08. The molecule has 21 heavy (non-hydrogen) atoms. The zero-order chi connectivity index (χ0) is 15.2. The van der Waals surface area contributed by atoms with E-state index in [1.807, 2.05) is 12.1 Å². The van der Waals surface area contributed by atoms with E-state index in [1.54, 1.807) is 36.4 Å². The Morgan fingerprint density at radius 2 is 1.76 bits per heavy atom. The van der Waals surface area contributed by atoms with Gasteiger partial charge in [-0.15, -0.1) is 0 Å². The molecule has 2 N–H and O–H groups in total. The number of nitrogens with one attached hydrogen (secondary N) is 1. The summed E-state index contributed by atoms with van der Waals surface area (Å²) in [5.74, 6) is -1.03. The summed E-state index contributed by atoms with van der Waals surface area (Å²) in [5.41, 5.74) is 0.981. The van der Waals surface area contributed by atoms with Crippen LogP contribution < -0.4 is 10.1 Å². The number of benzene rings is 2. The number of carbonyl (C=O) groups excluding carboxylic acids is 1. The molecule has 0 heterocycles. The van der Waals surface area contributed by atoms with Crippen LogP contribution in [0.4, 0.5) is 5.69 Å². The first-order valence-corrected chi connectivity index (χ1v) is 7.15. The van der Waals surface area contributed by atoms with Crippen LogP contribution in [0, 0.1) is 3.57 Å². The molecule has 2 aromatic rings. The molecular weight excluding hydrogens is 385 g/mol. The highest BCUT2D eigenvalue weighted by Gasteiger charge is 2.12. The highest BCUT2D eigenvalue weighted by molar-refractivity contribution is 14.1. The average molecular weight is 397 g/mol. The Labute approximate surface area is 135 Å². The predicted molar refractivity (Wildman–Crippen MR) is 86.7 cm³/mol. The number of aliphatic carboxylic acids is 1. The maximum Gasteiger partial charge on any atom is 0.341 e. The summed E-state index contributed by atoms with van der Waals surface area (Å²) in [6.07, 6.45) is 0. The lowest BCUT2D eigenvalue weighted by Gasteiger charge is -2.11. The highest BCUT2D eigenvalue weighted by Crippen LogP contribution is 2.25. The van der Waals surface area contributed by atoms with Crippen molar-refractivity contribution in [2.75, 3.05) is 11.9 Å². The van der Waals surface area contributed by atoms with Crippen LogP contribution >= 0.6 is 22.6 Å². The molecule has 2 aromatic carbocycles. The smallest absolute Gasteiger partial charge is 0.341 e. The van der Waals surface area contributed by atoms with Gasteiger partial charge in [-0.1, -0.05) is 24.3 Å². The minimum Gasteiger partial charge on any atom is -0.480 e. The molecule has 0 unspecified atom stereocenters.